The second-order valence-corrected chi connectivity index (χ2v) is 7.43. The Kier molecular flexibility index (Phi) is 5.38. The van der Waals surface area contributed by atoms with Gasteiger partial charge in [-0.15, -0.1) is 0 Å². The topological polar surface area (TPSA) is 99.1 Å². The Bertz CT molecular complexity index is 410. The summed E-state index contributed by atoms with van der Waals surface area (Å²) in [5.74, 6) is 0. The number of nitrogens with one attached hydrogen (secondary N) is 1. The van der Waals surface area contributed by atoms with Gasteiger partial charge < -0.3 is 14.9 Å². The lowest BCUT2D eigenvalue weighted by molar-refractivity contribution is -0.0201. The highest BCUT2D eigenvalue weighted by Gasteiger charge is 2.46. The Morgan fingerprint density at radius 2 is 1.90 bits per heavy atom. The van der Waals surface area contributed by atoms with Crippen molar-refractivity contribution < 1.29 is 23.4 Å². The summed E-state index contributed by atoms with van der Waals surface area (Å²) in [4.78, 5) is 2.15. The Morgan fingerprint density at radius 1 is 1.25 bits per heavy atom. The van der Waals surface area contributed by atoms with Crippen molar-refractivity contribution in [3.05, 3.63) is 0 Å². The smallest absolute Gasteiger partial charge is 0.208 e. The van der Waals surface area contributed by atoms with Gasteiger partial charge in [-0.2, -0.15) is 0 Å². The van der Waals surface area contributed by atoms with E-state index in [0.717, 1.165) is 32.2 Å². The third kappa shape index (κ3) is 3.90. The summed E-state index contributed by atoms with van der Waals surface area (Å²) in [6.07, 6.45) is 2.54. The molecule has 118 valence electrons. The second-order valence-electron chi connectivity index (χ2n) is 5.59. The molecule has 0 bridgehead atoms. The lowest BCUT2D eigenvalue weighted by Gasteiger charge is -2.36. The predicted octanol–water partition coefficient (Wildman–Crippen LogP) is -1.49. The van der Waals surface area contributed by atoms with Gasteiger partial charge in [0.1, 0.15) is 12.2 Å². The molecule has 0 amide bonds. The maximum atomic E-state index is 11.2. The van der Waals surface area contributed by atoms with Crippen molar-refractivity contribution in [1.82, 2.24) is 9.62 Å². The van der Waals surface area contributed by atoms with Crippen LogP contribution in [-0.4, -0.2) is 80.4 Å². The molecular weight excluding hydrogens is 284 g/mol. The van der Waals surface area contributed by atoms with E-state index in [2.05, 4.69) is 9.62 Å². The van der Waals surface area contributed by atoms with Crippen LogP contribution in [0.5, 0.6) is 0 Å². The number of ether oxygens (including phenoxy) is 1. The first-order chi connectivity index (χ1) is 9.42. The van der Waals surface area contributed by atoms with E-state index in [4.69, 9.17) is 4.74 Å². The molecule has 0 radical (unpaired) electrons. The fourth-order valence-electron chi connectivity index (χ4n) is 3.05. The molecule has 8 heteroatoms. The van der Waals surface area contributed by atoms with Gasteiger partial charge in [-0.05, 0) is 25.9 Å². The van der Waals surface area contributed by atoms with Gasteiger partial charge in [0.2, 0.25) is 10.0 Å². The van der Waals surface area contributed by atoms with E-state index in [-0.39, 0.29) is 19.2 Å². The van der Waals surface area contributed by atoms with Gasteiger partial charge in [-0.3, -0.25) is 4.90 Å². The van der Waals surface area contributed by atoms with E-state index in [1.165, 1.54) is 6.42 Å². The molecule has 0 aromatic rings. The van der Waals surface area contributed by atoms with Crippen LogP contribution in [0, 0.1) is 0 Å². The molecule has 0 aromatic carbocycles. The number of aliphatic hydroxyl groups is 2. The highest BCUT2D eigenvalue weighted by atomic mass is 32.2. The van der Waals surface area contributed by atoms with Gasteiger partial charge in [-0.25, -0.2) is 13.1 Å². The van der Waals surface area contributed by atoms with Crippen LogP contribution in [0.15, 0.2) is 0 Å². The van der Waals surface area contributed by atoms with Gasteiger partial charge >= 0.3 is 0 Å². The minimum absolute atomic E-state index is 0.119. The van der Waals surface area contributed by atoms with Crippen LogP contribution < -0.4 is 4.72 Å². The number of rotatable bonds is 5. The fraction of sp³-hybridized carbons (Fsp3) is 1.00. The average Bonchev–Trinajstić information content (AvgIpc) is 2.73. The van der Waals surface area contributed by atoms with E-state index in [1.807, 2.05) is 0 Å². The first-order valence-electron chi connectivity index (χ1n) is 7.05. The van der Waals surface area contributed by atoms with Crippen LogP contribution in [0.3, 0.4) is 0 Å². The molecule has 2 saturated heterocycles. The fourth-order valence-corrected chi connectivity index (χ4v) is 3.51. The minimum Gasteiger partial charge on any atom is -0.394 e. The third-order valence-electron chi connectivity index (χ3n) is 4.00. The zero-order valence-corrected chi connectivity index (χ0v) is 12.6. The summed E-state index contributed by atoms with van der Waals surface area (Å²) in [6, 6.07) is -0.262. The molecule has 20 heavy (non-hydrogen) atoms. The van der Waals surface area contributed by atoms with Crippen molar-refractivity contribution >= 4 is 10.0 Å². The summed E-state index contributed by atoms with van der Waals surface area (Å²) in [7, 11) is -3.30. The van der Waals surface area contributed by atoms with Crippen molar-refractivity contribution in [3.63, 3.8) is 0 Å². The molecule has 4 atom stereocenters. The highest BCUT2D eigenvalue weighted by molar-refractivity contribution is 7.88. The molecule has 0 saturated carbocycles. The molecule has 2 fully saturated rings. The van der Waals surface area contributed by atoms with E-state index in [9.17, 15) is 18.6 Å². The summed E-state index contributed by atoms with van der Waals surface area (Å²) in [5.41, 5.74) is 0. The molecule has 2 heterocycles. The van der Waals surface area contributed by atoms with E-state index in [1.54, 1.807) is 0 Å². The van der Waals surface area contributed by atoms with Crippen molar-refractivity contribution in [2.45, 2.75) is 43.6 Å². The van der Waals surface area contributed by atoms with E-state index in [0.29, 0.717) is 0 Å². The van der Waals surface area contributed by atoms with Crippen LogP contribution in [0.25, 0.3) is 0 Å². The first-order valence-corrected chi connectivity index (χ1v) is 8.94. The maximum Gasteiger partial charge on any atom is 0.208 e. The number of sulfonamides is 1. The molecule has 2 rings (SSSR count). The number of likely N-dealkylation sites (tertiary alicyclic amines) is 1. The van der Waals surface area contributed by atoms with Crippen molar-refractivity contribution in [3.8, 4) is 0 Å². The first kappa shape index (κ1) is 16.1. The highest BCUT2D eigenvalue weighted by Crippen LogP contribution is 2.27. The summed E-state index contributed by atoms with van der Waals surface area (Å²) in [5, 5.41) is 19.6. The van der Waals surface area contributed by atoms with Crippen LogP contribution >= 0.6 is 0 Å². The third-order valence-corrected chi connectivity index (χ3v) is 4.69. The molecule has 3 N–H and O–H groups in total. The number of nitrogens with zero attached hydrogens (tertiary/aromatic N) is 1. The number of piperidine rings is 1. The van der Waals surface area contributed by atoms with Crippen LogP contribution in [0.2, 0.25) is 0 Å². The number of hydrogen-bond acceptors (Lipinski definition) is 6. The van der Waals surface area contributed by atoms with Gasteiger partial charge in [0.25, 0.3) is 0 Å². The van der Waals surface area contributed by atoms with Crippen molar-refractivity contribution in [2.24, 2.45) is 0 Å². The SMILES string of the molecule is CS(=O)(=O)NC[C@H]1O[C@@H](CO)[C@@H](O)[C@H]1N1CCCCC1. The molecule has 0 unspecified atom stereocenters. The molecular formula is C12H24N2O5S. The Balaban J connectivity index is 2.05. The molecule has 2 aliphatic heterocycles. The van der Waals surface area contributed by atoms with Crippen LogP contribution in [0.4, 0.5) is 0 Å². The molecule has 7 nitrogen and oxygen atoms in total. The normalized spacial score (nSPS) is 36.4. The zero-order chi connectivity index (χ0) is 14.8. The number of hydrogen-bond donors (Lipinski definition) is 3. The quantitative estimate of drug-likeness (QED) is 0.572. The van der Waals surface area contributed by atoms with E-state index < -0.39 is 28.3 Å². The minimum atomic E-state index is -3.30. The zero-order valence-electron chi connectivity index (χ0n) is 11.7. The van der Waals surface area contributed by atoms with Gasteiger partial charge in [0, 0.05) is 6.54 Å². The molecule has 0 spiro atoms. The van der Waals surface area contributed by atoms with Gasteiger partial charge in [0.15, 0.2) is 0 Å². The van der Waals surface area contributed by atoms with Gasteiger partial charge in [-0.1, -0.05) is 6.42 Å². The van der Waals surface area contributed by atoms with Crippen molar-refractivity contribution in [1.29, 1.82) is 0 Å². The maximum absolute atomic E-state index is 11.2. The van der Waals surface area contributed by atoms with Crippen LogP contribution in [-0.2, 0) is 14.8 Å². The molecule has 0 aliphatic carbocycles. The Morgan fingerprint density at radius 3 is 2.45 bits per heavy atom. The van der Waals surface area contributed by atoms with Crippen LogP contribution in [0.1, 0.15) is 19.3 Å². The standard InChI is InChI=1S/C12H24N2O5S/c1-20(17,18)13-7-9-11(12(16)10(8-15)19-9)14-5-3-2-4-6-14/h9-13,15-16H,2-8H2,1H3/t9-,10+,11+,12-/m1/s1. The summed E-state index contributed by atoms with van der Waals surface area (Å²) >= 11 is 0. The molecule has 2 aliphatic rings. The van der Waals surface area contributed by atoms with E-state index >= 15 is 0 Å². The van der Waals surface area contributed by atoms with Gasteiger partial charge in [0.05, 0.1) is 25.0 Å². The largest absolute Gasteiger partial charge is 0.394 e. The second kappa shape index (κ2) is 6.67. The van der Waals surface area contributed by atoms with Crippen molar-refractivity contribution in [2.75, 3.05) is 32.5 Å². The lowest BCUT2D eigenvalue weighted by atomic mass is 9.99. The monoisotopic (exact) mass is 308 g/mol. The number of aliphatic hydroxyl groups excluding tert-OH is 2. The Labute approximate surface area is 120 Å². The summed E-state index contributed by atoms with van der Waals surface area (Å²) in [6.45, 7) is 1.60. The molecule has 0 aromatic heterocycles. The predicted molar refractivity (Wildman–Crippen MR) is 73.8 cm³/mol. The summed E-state index contributed by atoms with van der Waals surface area (Å²) < 4.78 is 30.5. The average molecular weight is 308 g/mol. The Hall–Kier alpha value is -0.250. The lowest BCUT2D eigenvalue weighted by Crippen LogP contribution is -2.52.